The van der Waals surface area contributed by atoms with Crippen LogP contribution < -0.4 is 10.0 Å². The van der Waals surface area contributed by atoms with Gasteiger partial charge in [-0.15, -0.1) is 0 Å². The number of sulfonamides is 1. The molecular formula is C15H19F2N5O3S2. The Hall–Kier alpha value is -2.18. The van der Waals surface area contributed by atoms with Gasteiger partial charge in [0, 0.05) is 32.5 Å². The molecule has 0 bridgehead atoms. The van der Waals surface area contributed by atoms with E-state index >= 15 is 0 Å². The Morgan fingerprint density at radius 2 is 2.04 bits per heavy atom. The van der Waals surface area contributed by atoms with Crippen molar-refractivity contribution in [1.29, 1.82) is 0 Å². The van der Waals surface area contributed by atoms with Crippen molar-refractivity contribution in [2.75, 3.05) is 13.1 Å². The van der Waals surface area contributed by atoms with Gasteiger partial charge in [-0.3, -0.25) is 9.89 Å². The number of amides is 1. The van der Waals surface area contributed by atoms with Crippen LogP contribution in [0, 0.1) is 16.4 Å². The van der Waals surface area contributed by atoms with Crippen molar-refractivity contribution in [2.24, 2.45) is 0 Å². The van der Waals surface area contributed by atoms with E-state index in [1.54, 1.807) is 4.57 Å². The summed E-state index contributed by atoms with van der Waals surface area (Å²) in [6, 6.07) is 2.25. The minimum Gasteiger partial charge on any atom is -0.356 e. The fourth-order valence-electron chi connectivity index (χ4n) is 2.30. The first-order chi connectivity index (χ1) is 12.7. The molecule has 2 aromatic rings. The lowest BCUT2D eigenvalue weighted by molar-refractivity contribution is -0.120. The molecule has 0 atom stereocenters. The third-order valence-corrected chi connectivity index (χ3v) is 5.44. The smallest absolute Gasteiger partial charge is 0.240 e. The monoisotopic (exact) mass is 419 g/mol. The molecule has 0 aliphatic heterocycles. The van der Waals surface area contributed by atoms with E-state index in [0.29, 0.717) is 36.2 Å². The molecule has 12 heteroatoms. The molecule has 0 spiro atoms. The van der Waals surface area contributed by atoms with Crippen LogP contribution in [0.3, 0.4) is 0 Å². The van der Waals surface area contributed by atoms with E-state index in [0.717, 1.165) is 12.1 Å². The lowest BCUT2D eigenvalue weighted by Crippen LogP contribution is -2.32. The van der Waals surface area contributed by atoms with Gasteiger partial charge < -0.3 is 9.88 Å². The molecule has 1 amide bonds. The molecular weight excluding hydrogens is 400 g/mol. The summed E-state index contributed by atoms with van der Waals surface area (Å²) in [5, 5.41) is 9.40. The highest BCUT2D eigenvalue weighted by molar-refractivity contribution is 7.89. The molecule has 2 rings (SSSR count). The lowest BCUT2D eigenvalue weighted by atomic mass is 10.3. The zero-order valence-corrected chi connectivity index (χ0v) is 16.1. The quantitative estimate of drug-likeness (QED) is 0.531. The molecule has 0 unspecified atom stereocenters. The van der Waals surface area contributed by atoms with E-state index < -0.39 is 26.6 Å². The summed E-state index contributed by atoms with van der Waals surface area (Å²) in [6.45, 7) is 2.71. The van der Waals surface area contributed by atoms with Gasteiger partial charge in [-0.05, 0) is 37.3 Å². The summed E-state index contributed by atoms with van der Waals surface area (Å²) in [5.74, 6) is -2.06. The molecule has 0 aliphatic carbocycles. The van der Waals surface area contributed by atoms with Crippen molar-refractivity contribution in [1.82, 2.24) is 24.8 Å². The topological polar surface area (TPSA) is 109 Å². The number of hydrogen-bond donors (Lipinski definition) is 3. The molecule has 1 heterocycles. The van der Waals surface area contributed by atoms with E-state index in [4.69, 9.17) is 12.2 Å². The van der Waals surface area contributed by atoms with Gasteiger partial charge in [-0.1, -0.05) is 0 Å². The Labute approximate surface area is 160 Å². The average molecular weight is 419 g/mol. The van der Waals surface area contributed by atoms with Gasteiger partial charge in [0.1, 0.15) is 5.82 Å². The Kier molecular flexibility index (Phi) is 7.16. The van der Waals surface area contributed by atoms with E-state index in [1.807, 2.05) is 6.92 Å². The van der Waals surface area contributed by atoms with Crippen LogP contribution in [0.4, 0.5) is 8.78 Å². The van der Waals surface area contributed by atoms with Crippen LogP contribution in [0.15, 0.2) is 23.1 Å². The van der Waals surface area contributed by atoms with Crippen molar-refractivity contribution < 1.29 is 22.0 Å². The Bertz CT molecular complexity index is 972. The highest BCUT2D eigenvalue weighted by atomic mass is 32.2. The highest BCUT2D eigenvalue weighted by Gasteiger charge is 2.16. The summed E-state index contributed by atoms with van der Waals surface area (Å²) >= 11 is 5.07. The number of halogens is 2. The predicted molar refractivity (Wildman–Crippen MR) is 96.0 cm³/mol. The largest absolute Gasteiger partial charge is 0.356 e. The molecule has 1 aromatic heterocycles. The van der Waals surface area contributed by atoms with Crippen molar-refractivity contribution >= 4 is 28.1 Å². The number of rotatable bonds is 9. The van der Waals surface area contributed by atoms with Crippen LogP contribution in [0.25, 0.3) is 0 Å². The first-order valence-electron chi connectivity index (χ1n) is 8.10. The van der Waals surface area contributed by atoms with Crippen molar-refractivity contribution in [3.63, 3.8) is 0 Å². The van der Waals surface area contributed by atoms with Gasteiger partial charge in [0.25, 0.3) is 0 Å². The number of nitrogens with one attached hydrogen (secondary N) is 3. The van der Waals surface area contributed by atoms with Crippen LogP contribution >= 0.6 is 12.2 Å². The molecule has 3 N–H and O–H groups in total. The molecule has 0 aliphatic rings. The third kappa shape index (κ3) is 5.65. The fraction of sp³-hybridized carbons (Fsp3) is 0.400. The lowest BCUT2D eigenvalue weighted by Gasteiger charge is -2.08. The molecule has 0 saturated heterocycles. The second kappa shape index (κ2) is 9.15. The highest BCUT2D eigenvalue weighted by Crippen LogP contribution is 2.13. The summed E-state index contributed by atoms with van der Waals surface area (Å²) in [7, 11) is -4.03. The van der Waals surface area contributed by atoms with Crippen LogP contribution in [0.5, 0.6) is 0 Å². The SMILES string of the molecule is CCn1c(CCNC(=O)CCNS(=O)(=O)c2ccc(F)c(F)c2)n[nH]c1=S. The van der Waals surface area contributed by atoms with Crippen molar-refractivity contribution in [3.05, 3.63) is 40.4 Å². The molecule has 27 heavy (non-hydrogen) atoms. The zero-order valence-electron chi connectivity index (χ0n) is 14.5. The van der Waals surface area contributed by atoms with Crippen LogP contribution in [-0.4, -0.2) is 42.2 Å². The zero-order chi connectivity index (χ0) is 20.0. The van der Waals surface area contributed by atoms with Gasteiger partial charge >= 0.3 is 0 Å². The summed E-state index contributed by atoms with van der Waals surface area (Å²) in [4.78, 5) is 11.4. The third-order valence-electron chi connectivity index (χ3n) is 3.67. The summed E-state index contributed by atoms with van der Waals surface area (Å²) < 4.78 is 54.5. The number of nitrogens with zero attached hydrogens (tertiary/aromatic N) is 2. The first kappa shape index (κ1) is 21.1. The number of carbonyl (C=O) groups excluding carboxylic acids is 1. The van der Waals surface area contributed by atoms with Crippen molar-refractivity contribution in [2.45, 2.75) is 31.2 Å². The molecule has 1 aromatic carbocycles. The van der Waals surface area contributed by atoms with Crippen LogP contribution in [0.2, 0.25) is 0 Å². The Morgan fingerprint density at radius 3 is 2.70 bits per heavy atom. The number of benzene rings is 1. The van der Waals surface area contributed by atoms with Gasteiger partial charge in [0.2, 0.25) is 15.9 Å². The van der Waals surface area contributed by atoms with E-state index in [1.165, 1.54) is 0 Å². The minimum absolute atomic E-state index is 0.108. The maximum atomic E-state index is 13.1. The molecule has 148 valence electrons. The number of H-pyrrole nitrogens is 1. The summed E-state index contributed by atoms with van der Waals surface area (Å²) in [5.41, 5.74) is 0. The minimum atomic E-state index is -4.03. The van der Waals surface area contributed by atoms with Gasteiger partial charge in [-0.25, -0.2) is 21.9 Å². The van der Waals surface area contributed by atoms with Gasteiger partial charge in [-0.2, -0.15) is 5.10 Å². The van der Waals surface area contributed by atoms with E-state index in [9.17, 15) is 22.0 Å². The Morgan fingerprint density at radius 1 is 1.30 bits per heavy atom. The Balaban J connectivity index is 1.78. The van der Waals surface area contributed by atoms with Crippen molar-refractivity contribution in [3.8, 4) is 0 Å². The molecule has 0 radical (unpaired) electrons. The number of hydrogen-bond acceptors (Lipinski definition) is 5. The standard InChI is InChI=1S/C15H19F2N5O3S2/c1-2-22-13(20-21-15(22)26)5-7-18-14(23)6-8-19-27(24,25)10-3-4-11(16)12(17)9-10/h3-4,9,19H,2,5-8H2,1H3,(H,18,23)(H,21,26). The average Bonchev–Trinajstić information content (AvgIpc) is 2.96. The fourth-order valence-corrected chi connectivity index (χ4v) is 3.62. The van der Waals surface area contributed by atoms with Gasteiger partial charge in [0.15, 0.2) is 16.4 Å². The predicted octanol–water partition coefficient (Wildman–Crippen LogP) is 1.27. The first-order valence-corrected chi connectivity index (χ1v) is 9.99. The summed E-state index contributed by atoms with van der Waals surface area (Å²) in [6.07, 6.45) is 0.358. The van der Waals surface area contributed by atoms with E-state index in [-0.39, 0.29) is 18.9 Å². The molecule has 0 saturated carbocycles. The maximum Gasteiger partial charge on any atom is 0.240 e. The van der Waals surface area contributed by atoms with Crippen LogP contribution in [-0.2, 0) is 27.8 Å². The molecule has 8 nitrogen and oxygen atoms in total. The number of carbonyl (C=O) groups is 1. The second-order valence-corrected chi connectivity index (χ2v) is 7.67. The molecule has 0 fully saturated rings. The maximum absolute atomic E-state index is 13.1. The van der Waals surface area contributed by atoms with E-state index in [2.05, 4.69) is 20.2 Å². The number of aromatic nitrogens is 3. The normalized spacial score (nSPS) is 11.5. The van der Waals surface area contributed by atoms with Gasteiger partial charge in [0.05, 0.1) is 4.90 Å². The number of aromatic amines is 1. The second-order valence-electron chi connectivity index (χ2n) is 5.51. The van der Waals surface area contributed by atoms with Crippen LogP contribution in [0.1, 0.15) is 19.2 Å².